The molecule has 2 aliphatic carbocycles. The van der Waals surface area contributed by atoms with Gasteiger partial charge in [-0.2, -0.15) is 0 Å². The number of amides is 4. The van der Waals surface area contributed by atoms with Crippen molar-refractivity contribution >= 4 is 23.6 Å². The number of carbonyl (C=O) groups is 4. The number of aromatic nitrogens is 2. The Labute approximate surface area is 282 Å². The van der Waals surface area contributed by atoms with Crippen LogP contribution in [0.2, 0.25) is 0 Å². The number of nitrogens with zero attached hydrogens (tertiary/aromatic N) is 5. The second-order valence-electron chi connectivity index (χ2n) is 14.1. The highest BCUT2D eigenvalue weighted by molar-refractivity contribution is 5.97. The van der Waals surface area contributed by atoms with Gasteiger partial charge in [0.25, 0.3) is 5.91 Å². The van der Waals surface area contributed by atoms with Crippen LogP contribution in [0, 0.1) is 17.7 Å². The van der Waals surface area contributed by atoms with Crippen LogP contribution in [0.5, 0.6) is 0 Å². The minimum Gasteiger partial charge on any atom is -0.340 e. The van der Waals surface area contributed by atoms with Gasteiger partial charge < -0.3 is 25.3 Å². The molecule has 2 heterocycles. The molecule has 2 N–H and O–H groups in total. The van der Waals surface area contributed by atoms with Crippen molar-refractivity contribution in [1.82, 2.24) is 35.6 Å². The molecule has 0 radical (unpaired) electrons. The first-order chi connectivity index (χ1) is 23.0. The van der Waals surface area contributed by atoms with Crippen molar-refractivity contribution in [3.05, 3.63) is 46.5 Å². The van der Waals surface area contributed by atoms with E-state index in [1.807, 2.05) is 20.9 Å². The van der Waals surface area contributed by atoms with Crippen LogP contribution in [0.1, 0.15) is 92.5 Å². The molecule has 1 saturated heterocycles. The number of hydrogen-bond donors (Lipinski definition) is 2. The van der Waals surface area contributed by atoms with Crippen LogP contribution in [-0.2, 0) is 22.4 Å². The first kappa shape index (κ1) is 35.4. The van der Waals surface area contributed by atoms with Crippen LogP contribution in [0.3, 0.4) is 0 Å². The number of hydrogen-bond acceptors (Lipinski definition) is 8. The Hall–Kier alpha value is -3.87. The van der Waals surface area contributed by atoms with Gasteiger partial charge >= 0.3 is 6.03 Å². The second-order valence-corrected chi connectivity index (χ2v) is 14.1. The summed E-state index contributed by atoms with van der Waals surface area (Å²) >= 11 is 0. The van der Waals surface area contributed by atoms with Crippen LogP contribution in [0.15, 0.2) is 22.8 Å². The van der Waals surface area contributed by atoms with Gasteiger partial charge in [0.05, 0.1) is 6.04 Å². The molecule has 4 amide bonds. The summed E-state index contributed by atoms with van der Waals surface area (Å²) in [5, 5.41) is 13.4. The third-order valence-corrected chi connectivity index (χ3v) is 10.5. The number of Topliss-reactive ketones (excluding diaryl/α,β-unsaturated/α-hetero) is 1. The maximum Gasteiger partial charge on any atom is 0.318 e. The molecule has 1 aromatic heterocycles. The highest BCUT2D eigenvalue weighted by atomic mass is 19.1. The minimum absolute atomic E-state index is 0.0556. The van der Waals surface area contributed by atoms with E-state index in [4.69, 9.17) is 4.63 Å². The standard InChI is InChI=1S/C35H50FN7O5/c1-6-28-32(40-48-39-28)33(45)37-31(23-9-7-21(2)8-10-23)29(44)20-25-12-11-24(19-27(25)36)22(3)30(38-35(47)42(5)26-13-14-26)34(46)43-17-15-41(4)16-18-43/h11-12,19,21-23,26,30-31H,6-10,13-18,20H2,1-5H3,(H,37,45)(H,38,47)/t21?,22-,23?,30+,31-/m0/s1. The summed E-state index contributed by atoms with van der Waals surface area (Å²) in [4.78, 5) is 59.5. The van der Waals surface area contributed by atoms with Crippen LogP contribution in [0.25, 0.3) is 0 Å². The minimum atomic E-state index is -0.888. The number of halogens is 1. The van der Waals surface area contributed by atoms with E-state index in [-0.39, 0.29) is 47.4 Å². The maximum absolute atomic E-state index is 15.8. The summed E-state index contributed by atoms with van der Waals surface area (Å²) in [6.45, 7) is 8.39. The Bertz CT molecular complexity index is 1460. The lowest BCUT2D eigenvalue weighted by Crippen LogP contribution is -2.57. The average Bonchev–Trinajstić information content (AvgIpc) is 3.82. The van der Waals surface area contributed by atoms with E-state index in [9.17, 15) is 19.2 Å². The summed E-state index contributed by atoms with van der Waals surface area (Å²) in [6, 6.07) is 2.81. The van der Waals surface area contributed by atoms with Gasteiger partial charge in [-0.25, -0.2) is 13.8 Å². The molecule has 1 aromatic carbocycles. The maximum atomic E-state index is 15.8. The Morgan fingerprint density at radius 3 is 2.33 bits per heavy atom. The Kier molecular flexibility index (Phi) is 11.5. The highest BCUT2D eigenvalue weighted by Crippen LogP contribution is 2.32. The van der Waals surface area contributed by atoms with E-state index in [2.05, 4.69) is 32.8 Å². The number of carbonyl (C=O) groups excluding carboxylic acids is 4. The van der Waals surface area contributed by atoms with E-state index in [1.54, 1.807) is 29.0 Å². The molecule has 2 aromatic rings. The number of benzene rings is 1. The average molecular weight is 668 g/mol. The van der Waals surface area contributed by atoms with E-state index in [0.29, 0.717) is 36.7 Å². The third kappa shape index (κ3) is 8.40. The summed E-state index contributed by atoms with van der Waals surface area (Å²) in [7, 11) is 3.74. The molecule has 0 unspecified atom stereocenters. The van der Waals surface area contributed by atoms with E-state index < -0.39 is 29.7 Å². The Balaban J connectivity index is 1.33. The summed E-state index contributed by atoms with van der Waals surface area (Å²) in [5.41, 5.74) is 1.21. The van der Waals surface area contributed by atoms with Crippen molar-refractivity contribution in [1.29, 1.82) is 0 Å². The molecule has 48 heavy (non-hydrogen) atoms. The van der Waals surface area contributed by atoms with Crippen molar-refractivity contribution in [2.45, 2.75) is 96.2 Å². The topological polar surface area (TPSA) is 141 Å². The molecule has 3 atom stereocenters. The molecular weight excluding hydrogens is 617 g/mol. The number of piperazine rings is 1. The van der Waals surface area contributed by atoms with Gasteiger partial charge in [-0.1, -0.05) is 50.9 Å². The van der Waals surface area contributed by atoms with Gasteiger partial charge in [0, 0.05) is 51.6 Å². The lowest BCUT2D eigenvalue weighted by Gasteiger charge is -2.37. The largest absolute Gasteiger partial charge is 0.340 e. The first-order valence-corrected chi connectivity index (χ1v) is 17.4. The molecule has 3 fully saturated rings. The summed E-state index contributed by atoms with van der Waals surface area (Å²) in [6.07, 6.45) is 5.55. The summed E-state index contributed by atoms with van der Waals surface area (Å²) < 4.78 is 20.6. The molecule has 0 bridgehead atoms. The van der Waals surface area contributed by atoms with E-state index in [1.165, 1.54) is 6.07 Å². The molecule has 5 rings (SSSR count). The quantitative estimate of drug-likeness (QED) is 0.350. The molecule has 0 spiro atoms. The van der Waals surface area contributed by atoms with Gasteiger partial charge in [0.2, 0.25) is 5.91 Å². The lowest BCUT2D eigenvalue weighted by molar-refractivity contribution is -0.135. The molecule has 2 saturated carbocycles. The number of likely N-dealkylation sites (N-methyl/N-ethyl adjacent to an activating group) is 1. The van der Waals surface area contributed by atoms with E-state index in [0.717, 1.165) is 51.6 Å². The summed E-state index contributed by atoms with van der Waals surface area (Å²) in [5.74, 6) is -1.65. The van der Waals surface area contributed by atoms with Crippen LogP contribution >= 0.6 is 0 Å². The van der Waals surface area contributed by atoms with Gasteiger partial charge in [-0.3, -0.25) is 14.4 Å². The lowest BCUT2D eigenvalue weighted by atomic mass is 9.77. The predicted octanol–water partition coefficient (Wildman–Crippen LogP) is 3.56. The fraction of sp³-hybridized carbons (Fsp3) is 0.657. The first-order valence-electron chi connectivity index (χ1n) is 17.4. The fourth-order valence-corrected chi connectivity index (χ4v) is 6.87. The van der Waals surface area contributed by atoms with Crippen LogP contribution in [0.4, 0.5) is 9.18 Å². The molecular formula is C35H50FN7O5. The number of rotatable bonds is 12. The molecule has 3 aliphatic rings. The van der Waals surface area contributed by atoms with Crippen molar-refractivity contribution < 1.29 is 28.2 Å². The third-order valence-electron chi connectivity index (χ3n) is 10.5. The van der Waals surface area contributed by atoms with Gasteiger partial charge in [-0.05, 0) is 73.3 Å². The van der Waals surface area contributed by atoms with E-state index >= 15 is 4.39 Å². The van der Waals surface area contributed by atoms with Crippen LogP contribution in [-0.4, -0.2) is 107 Å². The number of ketones is 1. The number of aryl methyl sites for hydroxylation is 1. The molecule has 1 aliphatic heterocycles. The number of nitrogens with one attached hydrogen (secondary N) is 2. The molecule has 13 heteroatoms. The monoisotopic (exact) mass is 667 g/mol. The predicted molar refractivity (Wildman–Crippen MR) is 177 cm³/mol. The van der Waals surface area contributed by atoms with Gasteiger partial charge in [0.1, 0.15) is 17.6 Å². The zero-order valence-electron chi connectivity index (χ0n) is 28.8. The van der Waals surface area contributed by atoms with Crippen molar-refractivity contribution in [3.63, 3.8) is 0 Å². The SMILES string of the molecule is CCc1nonc1C(=O)N[C@H](C(=O)Cc1ccc([C@H](C)[C@@H](NC(=O)N(C)C2CC2)C(=O)N2CCN(C)CC2)cc1F)C1CCC(C)CC1. The number of urea groups is 1. The van der Waals surface area contributed by atoms with Crippen LogP contribution < -0.4 is 10.6 Å². The zero-order chi connectivity index (χ0) is 34.5. The smallest absolute Gasteiger partial charge is 0.318 e. The fourth-order valence-electron chi connectivity index (χ4n) is 6.87. The normalized spacial score (nSPS) is 22.0. The Morgan fingerprint density at radius 1 is 1.02 bits per heavy atom. The Morgan fingerprint density at radius 2 is 1.71 bits per heavy atom. The van der Waals surface area contributed by atoms with Crippen molar-refractivity contribution in [2.24, 2.45) is 11.8 Å². The van der Waals surface area contributed by atoms with Gasteiger partial charge in [-0.15, -0.1) is 0 Å². The highest BCUT2D eigenvalue weighted by Gasteiger charge is 2.37. The molecule has 12 nitrogen and oxygen atoms in total. The van der Waals surface area contributed by atoms with Crippen molar-refractivity contribution in [2.75, 3.05) is 40.3 Å². The zero-order valence-corrected chi connectivity index (χ0v) is 28.8. The van der Waals surface area contributed by atoms with Crippen molar-refractivity contribution in [3.8, 4) is 0 Å². The second kappa shape index (κ2) is 15.6. The van der Waals surface area contributed by atoms with Gasteiger partial charge in [0.15, 0.2) is 11.5 Å². The molecule has 262 valence electrons.